The molecule has 0 radical (unpaired) electrons. The van der Waals surface area contributed by atoms with Gasteiger partial charge in [-0.25, -0.2) is 15.0 Å². The molecule has 3 heterocycles. The van der Waals surface area contributed by atoms with Gasteiger partial charge in [0.1, 0.15) is 0 Å². The van der Waals surface area contributed by atoms with Gasteiger partial charge in [-0.1, -0.05) is 176 Å². The summed E-state index contributed by atoms with van der Waals surface area (Å²) in [4.78, 5) is 15.3. The minimum absolute atomic E-state index is 0.0786. The van der Waals surface area contributed by atoms with Gasteiger partial charge >= 0.3 is 0 Å². The van der Waals surface area contributed by atoms with Crippen molar-refractivity contribution in [3.8, 4) is 67.8 Å². The van der Waals surface area contributed by atoms with Crippen LogP contribution in [0.1, 0.15) is 6.85 Å². The molecule has 0 saturated carbocycles. The van der Waals surface area contributed by atoms with Crippen LogP contribution in [0.2, 0.25) is 0 Å². The number of benzene rings is 9. The lowest BCUT2D eigenvalue weighted by Crippen LogP contribution is -2.02. The Hall–Kier alpha value is -8.41. The van der Waals surface area contributed by atoms with E-state index in [9.17, 15) is 0 Å². The first-order valence-corrected chi connectivity index (χ1v) is 20.5. The molecule has 0 aliphatic rings. The van der Waals surface area contributed by atoms with Crippen LogP contribution in [0.25, 0.3) is 111 Å². The number of nitrogens with zero attached hydrogens (tertiary/aromatic N) is 5. The predicted octanol–water partition coefficient (Wildman–Crippen LogP) is 14.4. The zero-order chi connectivity index (χ0) is 45.3. The van der Waals surface area contributed by atoms with E-state index in [0.29, 0.717) is 34.3 Å². The van der Waals surface area contributed by atoms with Crippen molar-refractivity contribution in [2.75, 3.05) is 0 Å². The van der Waals surface area contributed by atoms with E-state index in [1.807, 2.05) is 91.0 Å². The fraction of sp³-hybridized carbons (Fsp3) is 0. The molecule has 12 aromatic rings. The Bertz CT molecular complexity index is 3840. The number of hydrogen-bond acceptors (Lipinski definition) is 3. The maximum Gasteiger partial charge on any atom is 0.164 e. The fourth-order valence-corrected chi connectivity index (χ4v) is 8.78. The summed E-state index contributed by atoms with van der Waals surface area (Å²) in [6.45, 7) is 0. The monoisotopic (exact) mass is 796 g/mol. The van der Waals surface area contributed by atoms with Crippen LogP contribution < -0.4 is 0 Å². The summed E-state index contributed by atoms with van der Waals surface area (Å²) in [5, 5.41) is 4.39. The van der Waals surface area contributed by atoms with E-state index in [4.69, 9.17) is 21.8 Å². The van der Waals surface area contributed by atoms with Crippen molar-refractivity contribution in [1.29, 1.82) is 0 Å². The van der Waals surface area contributed by atoms with Crippen LogP contribution in [0.4, 0.5) is 0 Å². The van der Waals surface area contributed by atoms with Crippen LogP contribution >= 0.6 is 0 Å². The second kappa shape index (κ2) is 14.7. The first-order chi connectivity index (χ1) is 32.8. The van der Waals surface area contributed by atoms with E-state index in [1.165, 1.54) is 0 Å². The second-order valence-electron chi connectivity index (χ2n) is 15.3. The van der Waals surface area contributed by atoms with Crippen LogP contribution in [-0.2, 0) is 0 Å². The Labute approximate surface area is 365 Å². The number of fused-ring (bicyclic) bond motifs is 6. The minimum atomic E-state index is -0.456. The lowest BCUT2D eigenvalue weighted by Gasteiger charge is -2.15. The number of rotatable bonds is 7. The lowest BCUT2D eigenvalue weighted by atomic mass is 10.0. The molecule has 0 N–H and O–H groups in total. The van der Waals surface area contributed by atoms with Crippen LogP contribution in [-0.4, -0.2) is 24.1 Å². The highest BCUT2D eigenvalue weighted by molar-refractivity contribution is 6.12. The summed E-state index contributed by atoms with van der Waals surface area (Å²) in [7, 11) is 0. The van der Waals surface area contributed by atoms with Crippen molar-refractivity contribution >= 4 is 43.6 Å². The molecule has 0 fully saturated rings. The molecule has 9 aromatic carbocycles. The zero-order valence-corrected chi connectivity index (χ0v) is 33.2. The minimum Gasteiger partial charge on any atom is -0.309 e. The molecule has 0 amide bonds. The fourth-order valence-electron chi connectivity index (χ4n) is 8.78. The molecule has 0 unspecified atom stereocenters. The van der Waals surface area contributed by atoms with E-state index in [0.717, 1.165) is 71.6 Å². The third-order valence-corrected chi connectivity index (χ3v) is 11.6. The van der Waals surface area contributed by atoms with Gasteiger partial charge in [-0.2, -0.15) is 0 Å². The van der Waals surface area contributed by atoms with E-state index >= 15 is 0 Å². The van der Waals surface area contributed by atoms with Crippen LogP contribution in [0, 0.1) is 0 Å². The zero-order valence-electron chi connectivity index (χ0n) is 38.2. The highest BCUT2D eigenvalue weighted by Crippen LogP contribution is 2.39. The molecule has 5 heteroatoms. The van der Waals surface area contributed by atoms with Gasteiger partial charge < -0.3 is 9.13 Å². The summed E-state index contributed by atoms with van der Waals surface area (Å²) >= 11 is 0. The van der Waals surface area contributed by atoms with Gasteiger partial charge in [-0.05, 0) is 70.8 Å². The summed E-state index contributed by atoms with van der Waals surface area (Å²) in [6, 6.07) is 63.6. The summed E-state index contributed by atoms with van der Waals surface area (Å²) in [6.07, 6.45) is 0. The predicted molar refractivity (Wildman–Crippen MR) is 256 cm³/mol. The van der Waals surface area contributed by atoms with Crippen molar-refractivity contribution in [1.82, 2.24) is 24.1 Å². The molecule has 0 saturated heterocycles. The Balaban J connectivity index is 1.13. The molecule has 0 bridgehead atoms. The number of hydrogen-bond donors (Lipinski definition) is 0. The van der Waals surface area contributed by atoms with E-state index in [2.05, 4.69) is 112 Å². The van der Waals surface area contributed by atoms with Gasteiger partial charge in [0.25, 0.3) is 0 Å². The van der Waals surface area contributed by atoms with Crippen LogP contribution in [0.3, 0.4) is 0 Å². The van der Waals surface area contributed by atoms with Crippen molar-refractivity contribution in [3.05, 3.63) is 224 Å². The third-order valence-electron chi connectivity index (χ3n) is 11.6. The third kappa shape index (κ3) is 6.06. The van der Waals surface area contributed by atoms with Gasteiger partial charge in [0.2, 0.25) is 0 Å². The van der Waals surface area contributed by atoms with Gasteiger partial charge in [-0.3, -0.25) is 0 Å². The average molecular weight is 797 g/mol. The quantitative estimate of drug-likeness (QED) is 0.161. The molecule has 0 atom stereocenters. The van der Waals surface area contributed by atoms with Gasteiger partial charge in [-0.15, -0.1) is 0 Å². The Morgan fingerprint density at radius 1 is 0.290 bits per heavy atom. The number of aromatic nitrogens is 5. The van der Waals surface area contributed by atoms with Crippen LogP contribution in [0.15, 0.2) is 224 Å². The molecular weight excluding hydrogens is 755 g/mol. The maximum absolute atomic E-state index is 9.14. The Morgan fingerprint density at radius 3 is 1.32 bits per heavy atom. The van der Waals surface area contributed by atoms with E-state index in [-0.39, 0.29) is 17.6 Å². The Morgan fingerprint density at radius 2 is 0.726 bits per heavy atom. The highest BCUT2D eigenvalue weighted by Gasteiger charge is 2.19. The summed E-state index contributed by atoms with van der Waals surface area (Å²) in [5.41, 5.74) is 10.5. The SMILES string of the molecule is [2H]c1c([2H])c([2H])c(-c2cc(-c3nc(-c4ccccc4)nc(-c4ccc(-c5ccccc5)cc4)n3)cc(-n3c4ccccc4c4ccc(-n5c6ccccc6c6ccccc65)cc43)c2)c([2H])c1[2H]. The topological polar surface area (TPSA) is 48.5 Å². The lowest BCUT2D eigenvalue weighted by molar-refractivity contribution is 1.07. The van der Waals surface area contributed by atoms with Crippen molar-refractivity contribution < 1.29 is 6.85 Å². The molecule has 0 aliphatic heterocycles. The molecule has 3 aromatic heterocycles. The molecule has 62 heavy (non-hydrogen) atoms. The molecule has 5 nitrogen and oxygen atoms in total. The molecule has 0 aliphatic carbocycles. The van der Waals surface area contributed by atoms with Crippen molar-refractivity contribution in [2.45, 2.75) is 0 Å². The first kappa shape index (κ1) is 30.6. The summed E-state index contributed by atoms with van der Waals surface area (Å²) < 4.78 is 48.6. The molecule has 12 rings (SSSR count). The molecule has 290 valence electrons. The second-order valence-corrected chi connectivity index (χ2v) is 15.3. The van der Waals surface area contributed by atoms with E-state index in [1.54, 1.807) is 0 Å². The standard InChI is InChI=1S/C57H37N5/c1-4-16-38(17-5-1)40-28-30-42(31-29-40)56-58-55(41-20-8-3-9-21-41)59-57(60-56)44-34-43(39-18-6-2-7-19-39)35-46(36-44)62-53-27-15-12-24-49(53)50-33-32-45(37-54(50)62)61-51-25-13-10-22-47(51)48-23-11-14-26-52(48)61/h1-37H/i2D,6D,7D,18D,19D. The smallest absolute Gasteiger partial charge is 0.164 e. The van der Waals surface area contributed by atoms with Crippen LogP contribution in [0.5, 0.6) is 0 Å². The highest BCUT2D eigenvalue weighted by atomic mass is 15.0. The average Bonchev–Trinajstić information content (AvgIpc) is 3.90. The van der Waals surface area contributed by atoms with Crippen molar-refractivity contribution in [3.63, 3.8) is 0 Å². The largest absolute Gasteiger partial charge is 0.309 e. The molecular formula is C57H37N5. The molecule has 0 spiro atoms. The van der Waals surface area contributed by atoms with E-state index < -0.39 is 18.1 Å². The Kier molecular flexibility index (Phi) is 7.25. The van der Waals surface area contributed by atoms with Gasteiger partial charge in [0.05, 0.1) is 28.9 Å². The normalized spacial score (nSPS) is 12.7. The summed E-state index contributed by atoms with van der Waals surface area (Å²) in [5.74, 6) is 1.29. The number of para-hydroxylation sites is 3. The van der Waals surface area contributed by atoms with Gasteiger partial charge in [0, 0.05) is 49.6 Å². The first-order valence-electron chi connectivity index (χ1n) is 23.0. The maximum atomic E-state index is 9.14. The van der Waals surface area contributed by atoms with Crippen molar-refractivity contribution in [2.24, 2.45) is 0 Å². The van der Waals surface area contributed by atoms with Gasteiger partial charge in [0.15, 0.2) is 17.5 Å².